The number of aromatic nitrogens is 5. The first-order valence-corrected chi connectivity index (χ1v) is 9.89. The Morgan fingerprint density at radius 3 is 2.38 bits per heavy atom. The molecule has 0 aliphatic carbocycles. The molecular weight excluding hydrogens is 366 g/mol. The molecule has 29 heavy (non-hydrogen) atoms. The van der Waals surface area contributed by atoms with E-state index in [0.717, 1.165) is 5.69 Å². The number of anilines is 1. The second-order valence-electron chi connectivity index (χ2n) is 7.44. The molecule has 0 N–H and O–H groups in total. The van der Waals surface area contributed by atoms with Crippen molar-refractivity contribution in [1.29, 1.82) is 0 Å². The third kappa shape index (κ3) is 3.83. The van der Waals surface area contributed by atoms with Gasteiger partial charge in [-0.25, -0.2) is 19.6 Å². The largest absolute Gasteiger partial charge is 0.337 e. The van der Waals surface area contributed by atoms with Crippen LogP contribution < -0.4 is 4.90 Å². The molecule has 0 saturated carbocycles. The van der Waals surface area contributed by atoms with Crippen molar-refractivity contribution in [2.24, 2.45) is 0 Å². The van der Waals surface area contributed by atoms with Gasteiger partial charge in [0, 0.05) is 38.6 Å². The van der Waals surface area contributed by atoms with Crippen LogP contribution in [0.4, 0.5) is 5.95 Å². The van der Waals surface area contributed by atoms with Crippen molar-refractivity contribution >= 4 is 11.9 Å². The van der Waals surface area contributed by atoms with Gasteiger partial charge in [-0.1, -0.05) is 32.0 Å². The zero-order valence-corrected chi connectivity index (χ0v) is 17.0. The molecule has 0 radical (unpaired) electrons. The van der Waals surface area contributed by atoms with Gasteiger partial charge in [-0.3, -0.25) is 4.79 Å². The molecule has 1 saturated heterocycles. The first kappa shape index (κ1) is 19.0. The van der Waals surface area contributed by atoms with Crippen LogP contribution in [-0.2, 0) is 0 Å². The Hall–Kier alpha value is -3.29. The topological polar surface area (TPSA) is 80.0 Å². The van der Waals surface area contributed by atoms with E-state index in [1.165, 1.54) is 5.56 Å². The molecule has 1 amide bonds. The summed E-state index contributed by atoms with van der Waals surface area (Å²) in [7, 11) is 0. The fraction of sp³-hybridized carbons (Fsp3) is 0.381. The summed E-state index contributed by atoms with van der Waals surface area (Å²) in [6, 6.07) is 9.91. The van der Waals surface area contributed by atoms with Gasteiger partial charge < -0.3 is 9.80 Å². The molecule has 3 heterocycles. The summed E-state index contributed by atoms with van der Waals surface area (Å²) in [4.78, 5) is 29.9. The second kappa shape index (κ2) is 7.98. The third-order valence-corrected chi connectivity index (χ3v) is 5.15. The van der Waals surface area contributed by atoms with E-state index in [1.54, 1.807) is 28.0 Å². The highest BCUT2D eigenvalue weighted by molar-refractivity contribution is 5.90. The lowest BCUT2D eigenvalue weighted by Crippen LogP contribution is -2.49. The van der Waals surface area contributed by atoms with Gasteiger partial charge in [0.2, 0.25) is 11.8 Å². The SMILES string of the molecule is Cc1nc(C(=O)N2CCN(c3ncccn3)CC2)nn1-c1ccccc1C(C)C. The molecular formula is C21H25N7O. The van der Waals surface area contributed by atoms with Gasteiger partial charge in [0.05, 0.1) is 5.69 Å². The summed E-state index contributed by atoms with van der Waals surface area (Å²) >= 11 is 0. The summed E-state index contributed by atoms with van der Waals surface area (Å²) in [5, 5.41) is 4.55. The zero-order valence-electron chi connectivity index (χ0n) is 17.0. The maximum absolute atomic E-state index is 13.0. The normalized spacial score (nSPS) is 14.5. The maximum atomic E-state index is 13.0. The number of nitrogens with zero attached hydrogens (tertiary/aromatic N) is 7. The molecule has 0 spiro atoms. The van der Waals surface area contributed by atoms with Crippen molar-refractivity contribution in [3.63, 3.8) is 0 Å². The summed E-state index contributed by atoms with van der Waals surface area (Å²) in [5.41, 5.74) is 2.15. The number of piperazine rings is 1. The monoisotopic (exact) mass is 391 g/mol. The highest BCUT2D eigenvalue weighted by atomic mass is 16.2. The smallest absolute Gasteiger partial charge is 0.293 e. The second-order valence-corrected chi connectivity index (χ2v) is 7.44. The Labute approximate surface area is 170 Å². The minimum atomic E-state index is -0.137. The Balaban J connectivity index is 1.51. The van der Waals surface area contributed by atoms with E-state index >= 15 is 0 Å². The fourth-order valence-electron chi connectivity index (χ4n) is 3.58. The highest BCUT2D eigenvalue weighted by Crippen LogP contribution is 2.23. The number of para-hydroxylation sites is 1. The van der Waals surface area contributed by atoms with Crippen molar-refractivity contribution in [3.8, 4) is 5.69 Å². The number of benzene rings is 1. The highest BCUT2D eigenvalue weighted by Gasteiger charge is 2.27. The molecule has 1 aliphatic rings. The van der Waals surface area contributed by atoms with Crippen LogP contribution in [0.1, 0.15) is 41.8 Å². The van der Waals surface area contributed by atoms with Crippen molar-refractivity contribution in [2.75, 3.05) is 31.1 Å². The summed E-state index contributed by atoms with van der Waals surface area (Å²) in [5.74, 6) is 1.86. The minimum Gasteiger partial charge on any atom is -0.337 e. The number of hydrogen-bond donors (Lipinski definition) is 0. The predicted octanol–water partition coefficient (Wildman–Crippen LogP) is 2.45. The van der Waals surface area contributed by atoms with Crippen molar-refractivity contribution < 1.29 is 4.79 Å². The van der Waals surface area contributed by atoms with Crippen LogP contribution in [0.2, 0.25) is 0 Å². The number of aryl methyl sites for hydroxylation is 1. The minimum absolute atomic E-state index is 0.137. The number of hydrogen-bond acceptors (Lipinski definition) is 6. The first-order chi connectivity index (χ1) is 14.0. The van der Waals surface area contributed by atoms with Crippen LogP contribution in [0, 0.1) is 6.92 Å². The van der Waals surface area contributed by atoms with Gasteiger partial charge >= 0.3 is 0 Å². The van der Waals surface area contributed by atoms with E-state index < -0.39 is 0 Å². The van der Waals surface area contributed by atoms with Crippen LogP contribution in [0.3, 0.4) is 0 Å². The van der Waals surface area contributed by atoms with Crippen molar-refractivity contribution in [2.45, 2.75) is 26.7 Å². The quantitative estimate of drug-likeness (QED) is 0.680. The lowest BCUT2D eigenvalue weighted by Gasteiger charge is -2.34. The van der Waals surface area contributed by atoms with Crippen molar-refractivity contribution in [1.82, 2.24) is 29.6 Å². The van der Waals surface area contributed by atoms with Gasteiger partial charge in [0.25, 0.3) is 5.91 Å². The molecule has 1 fully saturated rings. The number of carbonyl (C=O) groups excluding carboxylic acids is 1. The Kier molecular flexibility index (Phi) is 5.24. The van der Waals surface area contributed by atoms with Crippen LogP contribution >= 0.6 is 0 Å². The van der Waals surface area contributed by atoms with Gasteiger partial charge in [0.1, 0.15) is 5.82 Å². The molecule has 0 atom stereocenters. The molecule has 0 bridgehead atoms. The predicted molar refractivity (Wildman–Crippen MR) is 110 cm³/mol. The summed E-state index contributed by atoms with van der Waals surface area (Å²) in [6.45, 7) is 8.73. The molecule has 8 heteroatoms. The average molecular weight is 391 g/mol. The van der Waals surface area contributed by atoms with Crippen LogP contribution in [0.5, 0.6) is 0 Å². The number of amides is 1. The molecule has 3 aromatic rings. The molecule has 4 rings (SSSR count). The van der Waals surface area contributed by atoms with E-state index in [2.05, 4.69) is 44.9 Å². The molecule has 1 aliphatic heterocycles. The van der Waals surface area contributed by atoms with E-state index in [0.29, 0.717) is 43.9 Å². The van der Waals surface area contributed by atoms with Crippen LogP contribution in [0.25, 0.3) is 5.69 Å². The van der Waals surface area contributed by atoms with Gasteiger partial charge in [-0.2, -0.15) is 0 Å². The maximum Gasteiger partial charge on any atom is 0.293 e. The standard InChI is InChI=1S/C21H25N7O/c1-15(2)17-7-4-5-8-18(17)28-16(3)24-19(25-28)20(29)26-11-13-27(14-12-26)21-22-9-6-10-23-21/h4-10,15H,11-14H2,1-3H3. The Bertz CT molecular complexity index is 991. The molecule has 2 aromatic heterocycles. The van der Waals surface area contributed by atoms with Crippen LogP contribution in [-0.4, -0.2) is 61.7 Å². The summed E-state index contributed by atoms with van der Waals surface area (Å²) in [6.07, 6.45) is 3.46. The zero-order chi connectivity index (χ0) is 20.4. The van der Waals surface area contributed by atoms with Gasteiger partial charge in [0.15, 0.2) is 0 Å². The average Bonchev–Trinajstić information content (AvgIpc) is 3.15. The van der Waals surface area contributed by atoms with Crippen molar-refractivity contribution in [3.05, 3.63) is 59.9 Å². The fourth-order valence-corrected chi connectivity index (χ4v) is 3.58. The number of carbonyl (C=O) groups is 1. The van der Waals surface area contributed by atoms with E-state index in [4.69, 9.17) is 0 Å². The van der Waals surface area contributed by atoms with Gasteiger partial charge in [-0.05, 0) is 30.5 Å². The van der Waals surface area contributed by atoms with E-state index in [1.807, 2.05) is 25.1 Å². The molecule has 0 unspecified atom stereocenters. The lowest BCUT2D eigenvalue weighted by atomic mass is 10.0. The lowest BCUT2D eigenvalue weighted by molar-refractivity contribution is 0.0734. The molecule has 150 valence electrons. The van der Waals surface area contributed by atoms with E-state index in [9.17, 15) is 4.79 Å². The number of rotatable bonds is 4. The summed E-state index contributed by atoms with van der Waals surface area (Å²) < 4.78 is 1.77. The Morgan fingerprint density at radius 2 is 1.69 bits per heavy atom. The third-order valence-electron chi connectivity index (χ3n) is 5.15. The molecule has 1 aromatic carbocycles. The van der Waals surface area contributed by atoms with Gasteiger partial charge in [-0.15, -0.1) is 5.10 Å². The van der Waals surface area contributed by atoms with E-state index in [-0.39, 0.29) is 11.7 Å². The first-order valence-electron chi connectivity index (χ1n) is 9.89. The van der Waals surface area contributed by atoms with Crippen LogP contribution in [0.15, 0.2) is 42.7 Å². The molecule has 8 nitrogen and oxygen atoms in total. The Morgan fingerprint density at radius 1 is 1.00 bits per heavy atom.